The van der Waals surface area contributed by atoms with Gasteiger partial charge in [0.2, 0.25) is 10.0 Å². The van der Waals surface area contributed by atoms with Crippen LogP contribution in [0.15, 0.2) is 40.8 Å². The molecule has 0 unspecified atom stereocenters. The van der Waals surface area contributed by atoms with Gasteiger partial charge in [0.15, 0.2) is 0 Å². The van der Waals surface area contributed by atoms with Gasteiger partial charge in [0.05, 0.1) is 11.5 Å². The van der Waals surface area contributed by atoms with Crippen LogP contribution in [0.1, 0.15) is 18.9 Å². The maximum Gasteiger partial charge on any atom is 0.333 e. The number of aryl methyl sites for hydroxylation is 1. The molecule has 0 fully saturated rings. The average Bonchev–Trinajstić information content (AvgIpc) is 2.48. The minimum absolute atomic E-state index is 0.199. The van der Waals surface area contributed by atoms with Crippen molar-refractivity contribution in [3.63, 3.8) is 0 Å². The second kappa shape index (κ2) is 6.41. The van der Waals surface area contributed by atoms with Crippen molar-refractivity contribution in [2.45, 2.75) is 25.2 Å². The molecule has 114 valence electrons. The number of hydrogen-bond donors (Lipinski definition) is 0. The van der Waals surface area contributed by atoms with Gasteiger partial charge in [-0.2, -0.15) is 4.31 Å². The largest absolute Gasteiger partial charge is 0.463 e. The van der Waals surface area contributed by atoms with E-state index in [1.54, 1.807) is 37.3 Å². The van der Waals surface area contributed by atoms with Crippen LogP contribution < -0.4 is 0 Å². The Hall–Kier alpha value is -1.66. The van der Waals surface area contributed by atoms with E-state index in [1.165, 1.54) is 4.31 Å². The smallest absolute Gasteiger partial charge is 0.333 e. The Bertz CT molecular complexity index is 647. The van der Waals surface area contributed by atoms with E-state index >= 15 is 0 Å². The molecule has 1 aromatic carbocycles. The molecule has 21 heavy (non-hydrogen) atoms. The molecule has 2 rings (SSSR count). The van der Waals surface area contributed by atoms with Gasteiger partial charge in [-0.3, -0.25) is 0 Å². The van der Waals surface area contributed by atoms with E-state index in [2.05, 4.69) is 0 Å². The number of rotatable bonds is 4. The minimum atomic E-state index is -3.50. The number of nitrogens with zero attached hydrogens (tertiary/aromatic N) is 1. The van der Waals surface area contributed by atoms with E-state index in [0.717, 1.165) is 5.56 Å². The zero-order valence-electron chi connectivity index (χ0n) is 12.2. The Morgan fingerprint density at radius 3 is 2.48 bits per heavy atom. The van der Waals surface area contributed by atoms with Gasteiger partial charge >= 0.3 is 5.97 Å². The van der Waals surface area contributed by atoms with Gasteiger partial charge in [0, 0.05) is 18.7 Å². The molecule has 0 spiro atoms. The van der Waals surface area contributed by atoms with Crippen LogP contribution in [0.3, 0.4) is 0 Å². The minimum Gasteiger partial charge on any atom is -0.463 e. The van der Waals surface area contributed by atoms with Crippen molar-refractivity contribution in [1.29, 1.82) is 0 Å². The van der Waals surface area contributed by atoms with E-state index < -0.39 is 10.0 Å². The van der Waals surface area contributed by atoms with Crippen LogP contribution in [0.25, 0.3) is 0 Å². The zero-order valence-corrected chi connectivity index (χ0v) is 13.0. The van der Waals surface area contributed by atoms with Crippen LogP contribution >= 0.6 is 0 Å². The predicted molar refractivity (Wildman–Crippen MR) is 79.3 cm³/mol. The molecule has 0 saturated heterocycles. The lowest BCUT2D eigenvalue weighted by Gasteiger charge is -2.25. The van der Waals surface area contributed by atoms with E-state index in [4.69, 9.17) is 4.74 Å². The Kier molecular flexibility index (Phi) is 4.80. The van der Waals surface area contributed by atoms with Crippen LogP contribution in [-0.2, 0) is 19.6 Å². The molecule has 0 bridgehead atoms. The molecule has 0 aliphatic carbocycles. The number of sulfonamides is 1. The van der Waals surface area contributed by atoms with Gasteiger partial charge in [0.1, 0.15) is 0 Å². The second-order valence-corrected chi connectivity index (χ2v) is 6.81. The number of hydrogen-bond acceptors (Lipinski definition) is 4. The molecule has 5 nitrogen and oxygen atoms in total. The first-order chi connectivity index (χ1) is 9.95. The molecule has 0 atom stereocenters. The van der Waals surface area contributed by atoms with E-state index in [0.29, 0.717) is 25.1 Å². The molecule has 0 amide bonds. The van der Waals surface area contributed by atoms with Crippen LogP contribution in [0, 0.1) is 6.92 Å². The highest BCUT2D eigenvalue weighted by molar-refractivity contribution is 7.89. The standard InChI is InChI=1S/C15H19NO4S/c1-3-20-15(17)13-8-10-16(11-9-13)21(18,19)14-6-4-12(2)5-7-14/h4-8H,3,9-11H2,1-2H3. The molecular weight excluding hydrogens is 290 g/mol. The summed E-state index contributed by atoms with van der Waals surface area (Å²) < 4.78 is 31.3. The van der Waals surface area contributed by atoms with Crippen LogP contribution in [0.5, 0.6) is 0 Å². The first-order valence-electron chi connectivity index (χ1n) is 6.88. The van der Waals surface area contributed by atoms with Crippen molar-refractivity contribution in [2.75, 3.05) is 19.7 Å². The summed E-state index contributed by atoms with van der Waals surface area (Å²) in [6.07, 6.45) is 2.01. The van der Waals surface area contributed by atoms with Gasteiger partial charge < -0.3 is 4.74 Å². The fourth-order valence-corrected chi connectivity index (χ4v) is 3.52. The number of ether oxygens (including phenoxy) is 1. The third kappa shape index (κ3) is 3.51. The summed E-state index contributed by atoms with van der Waals surface area (Å²) in [5, 5.41) is 0. The molecule has 1 aliphatic rings. The highest BCUT2D eigenvalue weighted by Gasteiger charge is 2.27. The summed E-state index contributed by atoms with van der Waals surface area (Å²) in [5.41, 5.74) is 1.56. The zero-order chi connectivity index (χ0) is 15.5. The van der Waals surface area contributed by atoms with Gasteiger partial charge in [-0.25, -0.2) is 13.2 Å². The number of esters is 1. The lowest BCUT2D eigenvalue weighted by Crippen LogP contribution is -2.36. The molecule has 1 aromatic rings. The van der Waals surface area contributed by atoms with Crippen molar-refractivity contribution in [1.82, 2.24) is 4.31 Å². The summed E-state index contributed by atoms with van der Waals surface area (Å²) >= 11 is 0. The van der Waals surface area contributed by atoms with Gasteiger partial charge in [-0.05, 0) is 32.4 Å². The van der Waals surface area contributed by atoms with Crippen molar-refractivity contribution in [2.24, 2.45) is 0 Å². The maximum atomic E-state index is 12.5. The lowest BCUT2D eigenvalue weighted by atomic mass is 10.1. The SMILES string of the molecule is CCOC(=O)C1=CCN(S(=O)(=O)c2ccc(C)cc2)CC1. The summed E-state index contributed by atoms with van der Waals surface area (Å²) in [7, 11) is -3.50. The molecule has 0 aromatic heterocycles. The van der Waals surface area contributed by atoms with Crippen molar-refractivity contribution < 1.29 is 17.9 Å². The van der Waals surface area contributed by atoms with E-state index in [-0.39, 0.29) is 17.4 Å². The monoisotopic (exact) mass is 309 g/mol. The third-order valence-electron chi connectivity index (χ3n) is 3.37. The highest BCUT2D eigenvalue weighted by Crippen LogP contribution is 2.21. The Morgan fingerprint density at radius 1 is 1.29 bits per heavy atom. The normalized spacial score (nSPS) is 16.4. The van der Waals surface area contributed by atoms with Crippen molar-refractivity contribution in [3.8, 4) is 0 Å². The Labute approximate surface area is 125 Å². The molecular formula is C15H19NO4S. The quantitative estimate of drug-likeness (QED) is 0.797. The number of benzene rings is 1. The maximum absolute atomic E-state index is 12.5. The molecule has 0 radical (unpaired) electrons. The Balaban J connectivity index is 2.14. The van der Waals surface area contributed by atoms with Crippen LogP contribution in [0.2, 0.25) is 0 Å². The third-order valence-corrected chi connectivity index (χ3v) is 5.25. The molecule has 0 N–H and O–H groups in total. The summed E-state index contributed by atoms with van der Waals surface area (Å²) in [6, 6.07) is 6.76. The van der Waals surface area contributed by atoms with Gasteiger partial charge in [-0.1, -0.05) is 23.8 Å². The van der Waals surface area contributed by atoms with Crippen LogP contribution in [-0.4, -0.2) is 38.4 Å². The van der Waals surface area contributed by atoms with Crippen LogP contribution in [0.4, 0.5) is 0 Å². The van der Waals surface area contributed by atoms with E-state index in [1.807, 2.05) is 6.92 Å². The van der Waals surface area contributed by atoms with Crippen molar-refractivity contribution in [3.05, 3.63) is 41.5 Å². The average molecular weight is 309 g/mol. The fourth-order valence-electron chi connectivity index (χ4n) is 2.14. The topological polar surface area (TPSA) is 63.7 Å². The molecule has 1 aliphatic heterocycles. The first-order valence-corrected chi connectivity index (χ1v) is 8.32. The highest BCUT2D eigenvalue weighted by atomic mass is 32.2. The summed E-state index contributed by atoms with van der Waals surface area (Å²) in [4.78, 5) is 11.9. The molecule has 6 heteroatoms. The summed E-state index contributed by atoms with van der Waals surface area (Å²) in [5.74, 6) is -0.357. The fraction of sp³-hybridized carbons (Fsp3) is 0.400. The van der Waals surface area contributed by atoms with E-state index in [9.17, 15) is 13.2 Å². The second-order valence-electron chi connectivity index (χ2n) is 4.88. The van der Waals surface area contributed by atoms with Crippen molar-refractivity contribution >= 4 is 16.0 Å². The predicted octanol–water partition coefficient (Wildman–Crippen LogP) is 1.88. The first kappa shape index (κ1) is 15.7. The summed E-state index contributed by atoms with van der Waals surface area (Å²) in [6.45, 7) is 4.47. The molecule has 0 saturated carbocycles. The number of carbonyl (C=O) groups excluding carboxylic acids is 1. The lowest BCUT2D eigenvalue weighted by molar-refractivity contribution is -0.138. The Morgan fingerprint density at radius 2 is 1.95 bits per heavy atom. The molecule has 1 heterocycles. The van der Waals surface area contributed by atoms with Gasteiger partial charge in [0.25, 0.3) is 0 Å². The number of carbonyl (C=O) groups is 1. The van der Waals surface area contributed by atoms with Gasteiger partial charge in [-0.15, -0.1) is 0 Å².